The van der Waals surface area contributed by atoms with Gasteiger partial charge in [0.1, 0.15) is 0 Å². The van der Waals surface area contributed by atoms with E-state index in [0.29, 0.717) is 13.1 Å². The Kier molecular flexibility index (Phi) is 3.71. The fraction of sp³-hybridized carbons (Fsp3) is 0.357. The molecule has 0 bridgehead atoms. The number of hydrogen-bond acceptors (Lipinski definition) is 2. The van der Waals surface area contributed by atoms with Gasteiger partial charge in [-0.3, -0.25) is 4.65 Å². The maximum Gasteiger partial charge on any atom is 0.338 e. The van der Waals surface area contributed by atoms with Gasteiger partial charge in [-0.1, -0.05) is 30.3 Å². The average Bonchev–Trinajstić information content (AvgIpc) is 2.38. The Morgan fingerprint density at radius 3 is 2.41 bits per heavy atom. The van der Waals surface area contributed by atoms with E-state index >= 15 is 0 Å². The zero-order valence-corrected chi connectivity index (χ0v) is 9.84. The Balaban J connectivity index is 2.03. The summed E-state index contributed by atoms with van der Waals surface area (Å²) in [5, 5.41) is 12.2. The Bertz CT molecular complexity index is 405. The zero-order valence-electron chi connectivity index (χ0n) is 9.84. The minimum atomic E-state index is -0.677. The molecule has 1 aliphatic rings. The predicted octanol–water partition coefficient (Wildman–Crippen LogP) is 2.72. The van der Waals surface area contributed by atoms with Gasteiger partial charge in [0.2, 0.25) is 0 Å². The molecule has 1 aliphatic heterocycles. The molecule has 0 radical (unpaired) electrons. The number of likely N-dealkylation sites (tertiary alicyclic amines) is 1. The van der Waals surface area contributed by atoms with Crippen LogP contribution < -0.4 is 0 Å². The molecule has 0 saturated carbocycles. The highest BCUT2D eigenvalue weighted by molar-refractivity contribution is 5.86. The highest BCUT2D eigenvalue weighted by Crippen LogP contribution is 2.18. The van der Waals surface area contributed by atoms with Gasteiger partial charge in [-0.2, -0.15) is 0 Å². The van der Waals surface area contributed by atoms with Crippen molar-refractivity contribution in [1.82, 2.24) is 0 Å². The van der Waals surface area contributed by atoms with E-state index in [-0.39, 0.29) is 5.91 Å². The summed E-state index contributed by atoms with van der Waals surface area (Å²) in [7, 11) is 0. The largest absolute Gasteiger partial charge is 0.625 e. The lowest BCUT2D eigenvalue weighted by Crippen LogP contribution is -2.50. The van der Waals surface area contributed by atoms with Gasteiger partial charge in [-0.15, -0.1) is 0 Å². The van der Waals surface area contributed by atoms with Gasteiger partial charge in [0.15, 0.2) is 0 Å². The van der Waals surface area contributed by atoms with Crippen molar-refractivity contribution in [3.63, 3.8) is 0 Å². The zero-order chi connectivity index (χ0) is 12.1. The van der Waals surface area contributed by atoms with Crippen LogP contribution in [-0.2, 0) is 4.79 Å². The second-order valence-electron chi connectivity index (χ2n) is 4.48. The fourth-order valence-corrected chi connectivity index (χ4v) is 2.11. The molecule has 17 heavy (non-hydrogen) atoms. The van der Waals surface area contributed by atoms with Crippen molar-refractivity contribution in [1.29, 1.82) is 0 Å². The van der Waals surface area contributed by atoms with Crippen LogP contribution in [0.25, 0.3) is 6.08 Å². The van der Waals surface area contributed by atoms with Crippen molar-refractivity contribution < 1.29 is 9.44 Å². The quantitative estimate of drug-likeness (QED) is 0.446. The Morgan fingerprint density at radius 2 is 1.76 bits per heavy atom. The summed E-state index contributed by atoms with van der Waals surface area (Å²) in [5.41, 5.74) is 0.949. The Morgan fingerprint density at radius 1 is 1.12 bits per heavy atom. The second-order valence-corrected chi connectivity index (χ2v) is 4.48. The van der Waals surface area contributed by atoms with Crippen LogP contribution in [0.5, 0.6) is 0 Å². The minimum Gasteiger partial charge on any atom is -0.625 e. The Hall–Kier alpha value is -1.45. The lowest BCUT2D eigenvalue weighted by atomic mass is 10.1. The predicted molar refractivity (Wildman–Crippen MR) is 67.7 cm³/mol. The number of benzene rings is 1. The highest BCUT2D eigenvalue weighted by Gasteiger charge is 2.27. The number of hydrogen-bond donors (Lipinski definition) is 0. The molecular formula is C14H17NO2. The van der Waals surface area contributed by atoms with Crippen LogP contribution in [0.15, 0.2) is 36.4 Å². The van der Waals surface area contributed by atoms with Crippen LogP contribution in [0.2, 0.25) is 0 Å². The third-order valence-corrected chi connectivity index (χ3v) is 3.16. The minimum absolute atomic E-state index is 0.325. The normalized spacial score (nSPS) is 19.4. The molecule has 1 aromatic rings. The van der Waals surface area contributed by atoms with Gasteiger partial charge >= 0.3 is 5.91 Å². The first kappa shape index (κ1) is 12.0. The van der Waals surface area contributed by atoms with E-state index in [1.54, 1.807) is 6.08 Å². The molecule has 1 amide bonds. The molecule has 0 aromatic heterocycles. The van der Waals surface area contributed by atoms with E-state index in [9.17, 15) is 10.0 Å². The van der Waals surface area contributed by atoms with Crippen molar-refractivity contribution in [3.8, 4) is 0 Å². The van der Waals surface area contributed by atoms with E-state index in [1.165, 1.54) is 6.08 Å². The number of amides is 1. The third-order valence-electron chi connectivity index (χ3n) is 3.16. The number of carbonyl (C=O) groups is 1. The fourth-order valence-electron chi connectivity index (χ4n) is 2.11. The van der Waals surface area contributed by atoms with Crippen molar-refractivity contribution in [2.45, 2.75) is 19.3 Å². The number of quaternary nitrogens is 1. The van der Waals surface area contributed by atoms with Gasteiger partial charge in [0, 0.05) is 6.08 Å². The standard InChI is InChI=1S/C14H17NO2/c16-14(15(17)11-5-2-6-12-15)10-9-13-7-3-1-4-8-13/h1,3-4,7-10H,2,5-6,11-12H2/b10-9+. The van der Waals surface area contributed by atoms with Crippen molar-refractivity contribution in [2.24, 2.45) is 0 Å². The van der Waals surface area contributed by atoms with Crippen LogP contribution in [0, 0.1) is 5.21 Å². The summed E-state index contributed by atoms with van der Waals surface area (Å²) in [6.45, 7) is 0.857. The number of hydroxylamine groups is 3. The number of piperidine rings is 1. The average molecular weight is 231 g/mol. The molecule has 0 unspecified atom stereocenters. The van der Waals surface area contributed by atoms with Crippen LogP contribution in [0.1, 0.15) is 24.8 Å². The second kappa shape index (κ2) is 5.25. The summed E-state index contributed by atoms with van der Waals surface area (Å²) in [5.74, 6) is -0.325. The summed E-state index contributed by atoms with van der Waals surface area (Å²) in [6.07, 6.45) is 5.92. The van der Waals surface area contributed by atoms with Crippen LogP contribution in [0.4, 0.5) is 0 Å². The first-order chi connectivity index (χ1) is 8.21. The lowest BCUT2D eigenvalue weighted by Gasteiger charge is -2.41. The van der Waals surface area contributed by atoms with Crippen molar-refractivity contribution in [3.05, 3.63) is 47.2 Å². The maximum absolute atomic E-state index is 12.2. The molecular weight excluding hydrogens is 214 g/mol. The summed E-state index contributed by atoms with van der Waals surface area (Å²) < 4.78 is -0.677. The van der Waals surface area contributed by atoms with E-state index in [1.807, 2.05) is 30.3 Å². The van der Waals surface area contributed by atoms with Crippen LogP contribution >= 0.6 is 0 Å². The molecule has 1 saturated heterocycles. The molecule has 1 heterocycles. The van der Waals surface area contributed by atoms with Gasteiger partial charge in [0.05, 0.1) is 13.1 Å². The topological polar surface area (TPSA) is 40.1 Å². The van der Waals surface area contributed by atoms with Crippen LogP contribution in [0.3, 0.4) is 0 Å². The first-order valence-electron chi connectivity index (χ1n) is 6.06. The van der Waals surface area contributed by atoms with Gasteiger partial charge < -0.3 is 5.21 Å². The van der Waals surface area contributed by atoms with E-state index in [2.05, 4.69) is 0 Å². The van der Waals surface area contributed by atoms with Crippen molar-refractivity contribution >= 4 is 12.0 Å². The van der Waals surface area contributed by atoms with E-state index < -0.39 is 4.65 Å². The van der Waals surface area contributed by atoms with Gasteiger partial charge in [-0.25, -0.2) is 4.79 Å². The van der Waals surface area contributed by atoms with E-state index in [4.69, 9.17) is 0 Å². The monoisotopic (exact) mass is 231 g/mol. The number of nitrogens with zero attached hydrogens (tertiary/aromatic N) is 1. The van der Waals surface area contributed by atoms with Gasteiger partial charge in [-0.05, 0) is 30.9 Å². The Labute approximate surface area is 102 Å². The summed E-state index contributed by atoms with van der Waals surface area (Å²) in [4.78, 5) is 11.9. The molecule has 0 spiro atoms. The highest BCUT2D eigenvalue weighted by atomic mass is 16.6. The summed E-state index contributed by atoms with van der Waals surface area (Å²) >= 11 is 0. The molecule has 0 atom stereocenters. The molecule has 1 aromatic carbocycles. The van der Waals surface area contributed by atoms with Gasteiger partial charge in [0.25, 0.3) is 0 Å². The molecule has 3 nitrogen and oxygen atoms in total. The smallest absolute Gasteiger partial charge is 0.338 e. The lowest BCUT2D eigenvalue weighted by molar-refractivity contribution is -0.807. The molecule has 2 rings (SSSR count). The molecule has 90 valence electrons. The van der Waals surface area contributed by atoms with E-state index in [0.717, 1.165) is 24.8 Å². The molecule has 1 fully saturated rings. The molecule has 3 heteroatoms. The summed E-state index contributed by atoms with van der Waals surface area (Å²) in [6, 6.07) is 9.56. The van der Waals surface area contributed by atoms with Crippen molar-refractivity contribution in [2.75, 3.05) is 13.1 Å². The molecule has 0 N–H and O–H groups in total. The third kappa shape index (κ3) is 3.02. The van der Waals surface area contributed by atoms with Crippen LogP contribution in [-0.4, -0.2) is 23.6 Å². The first-order valence-corrected chi connectivity index (χ1v) is 6.06. The SMILES string of the molecule is O=C(/C=C/c1ccccc1)[N+]1([O-])CCCCC1. The number of rotatable bonds is 2. The number of carbonyl (C=O) groups excluding carboxylic acids is 1. The maximum atomic E-state index is 12.2. The molecule has 0 aliphatic carbocycles.